The first kappa shape index (κ1) is 49.8. The van der Waals surface area contributed by atoms with Gasteiger partial charge in [-0.05, 0) is 109 Å². The molecular formula is C52H58N4O10S. The van der Waals surface area contributed by atoms with Crippen LogP contribution in [0.2, 0.25) is 0 Å². The predicted octanol–water partition coefficient (Wildman–Crippen LogP) is 10.9. The molecule has 15 heteroatoms. The fourth-order valence-corrected chi connectivity index (χ4v) is 9.97. The van der Waals surface area contributed by atoms with E-state index in [-0.39, 0.29) is 94.2 Å². The van der Waals surface area contributed by atoms with Gasteiger partial charge in [0.05, 0.1) is 55.8 Å². The zero-order valence-electron chi connectivity index (χ0n) is 38.9. The maximum Gasteiger partial charge on any atom is 0.310 e. The van der Waals surface area contributed by atoms with Gasteiger partial charge in [-0.15, -0.1) is 0 Å². The Labute approximate surface area is 395 Å². The molecule has 2 atom stereocenters. The first-order valence-corrected chi connectivity index (χ1v) is 23.7. The number of esters is 2. The standard InChI is InChI=1S/C52H58N4O10S/c1-7-65-51(59)37-15-13-29-53(31-37)45(57)27-23-35-21-25-43(49(55(61)62)47(35)41-19-11-9-17-39(41)33(3)4)67-44-26-22-36(24-28-46(58)54-30-14-16-38(32-54)52(60)66-8-2)48(50(44)56(63)64)42-20-12-10-18-40(42)34(5)6/h9-12,17-28,33-34,37-38H,7-8,13-16,29-32H2,1-6H3. The number of benzene rings is 4. The van der Waals surface area contributed by atoms with Crippen LogP contribution in [0.1, 0.15) is 101 Å². The number of carbonyl (C=O) groups excluding carboxylic acids is 4. The van der Waals surface area contributed by atoms with Crippen LogP contribution >= 0.6 is 11.8 Å². The largest absolute Gasteiger partial charge is 0.466 e. The van der Waals surface area contributed by atoms with Crippen molar-refractivity contribution in [3.8, 4) is 22.3 Å². The van der Waals surface area contributed by atoms with Crippen molar-refractivity contribution in [2.45, 2.75) is 88.9 Å². The SMILES string of the molecule is CCOC(=O)C1CCCN(C(=O)C=Cc2ccc(Sc3ccc(C=CC(=O)N4CCCC(C(=O)OCC)C4)c(-c4ccccc4C(C)C)c3[N+](=O)[O-])c([N+](=O)[O-])c2-c2ccccc2C(C)C)C1. The Kier molecular flexibility index (Phi) is 16.9. The molecule has 14 nitrogen and oxygen atoms in total. The van der Waals surface area contributed by atoms with Crippen molar-refractivity contribution in [3.05, 3.63) is 127 Å². The molecule has 6 rings (SSSR count). The normalized spacial score (nSPS) is 16.5. The van der Waals surface area contributed by atoms with E-state index >= 15 is 0 Å². The van der Waals surface area contributed by atoms with Gasteiger partial charge in [-0.2, -0.15) is 0 Å². The van der Waals surface area contributed by atoms with Crippen LogP contribution in [0.4, 0.5) is 11.4 Å². The van der Waals surface area contributed by atoms with E-state index in [0.717, 1.165) is 22.9 Å². The first-order chi connectivity index (χ1) is 32.1. The van der Waals surface area contributed by atoms with Gasteiger partial charge < -0.3 is 19.3 Å². The Balaban J connectivity index is 1.47. The summed E-state index contributed by atoms with van der Waals surface area (Å²) in [6.07, 6.45) is 8.30. The van der Waals surface area contributed by atoms with Crippen molar-refractivity contribution in [1.82, 2.24) is 9.80 Å². The number of hydrogen-bond acceptors (Lipinski definition) is 11. The summed E-state index contributed by atoms with van der Waals surface area (Å²) in [7, 11) is 0. The van der Waals surface area contributed by atoms with Crippen LogP contribution < -0.4 is 0 Å². The second kappa shape index (κ2) is 22.7. The van der Waals surface area contributed by atoms with Crippen molar-refractivity contribution >= 4 is 59.0 Å². The smallest absolute Gasteiger partial charge is 0.310 e. The zero-order chi connectivity index (χ0) is 48.4. The van der Waals surface area contributed by atoms with Crippen molar-refractivity contribution < 1.29 is 38.5 Å². The van der Waals surface area contributed by atoms with Gasteiger partial charge in [0.25, 0.3) is 11.4 Å². The van der Waals surface area contributed by atoms with Crippen LogP contribution in [0.5, 0.6) is 0 Å². The van der Waals surface area contributed by atoms with Crippen molar-refractivity contribution in [3.63, 3.8) is 0 Å². The van der Waals surface area contributed by atoms with Crippen LogP contribution in [0.25, 0.3) is 34.4 Å². The minimum atomic E-state index is -0.487. The lowest BCUT2D eigenvalue weighted by molar-refractivity contribution is -0.387. The summed E-state index contributed by atoms with van der Waals surface area (Å²) < 4.78 is 10.4. The fourth-order valence-electron chi connectivity index (χ4n) is 8.91. The van der Waals surface area contributed by atoms with Gasteiger partial charge in [-0.25, -0.2) is 0 Å². The number of likely N-dealkylation sites (tertiary alicyclic amines) is 2. The molecule has 2 aliphatic rings. The monoisotopic (exact) mass is 930 g/mol. The highest BCUT2D eigenvalue weighted by Crippen LogP contribution is 2.50. The van der Waals surface area contributed by atoms with E-state index in [2.05, 4.69) is 0 Å². The molecule has 2 amide bonds. The number of nitro benzene ring substituents is 2. The second-order valence-corrected chi connectivity index (χ2v) is 18.4. The summed E-state index contributed by atoms with van der Waals surface area (Å²) >= 11 is 0.900. The minimum Gasteiger partial charge on any atom is -0.466 e. The highest BCUT2D eigenvalue weighted by Gasteiger charge is 2.33. The van der Waals surface area contributed by atoms with E-state index < -0.39 is 21.7 Å². The maximum absolute atomic E-state index is 13.7. The topological polar surface area (TPSA) is 180 Å². The molecular weight excluding hydrogens is 873 g/mol. The van der Waals surface area contributed by atoms with E-state index in [4.69, 9.17) is 9.47 Å². The van der Waals surface area contributed by atoms with Gasteiger partial charge in [0.1, 0.15) is 0 Å². The Morgan fingerprint density at radius 2 is 1.03 bits per heavy atom. The van der Waals surface area contributed by atoms with Gasteiger partial charge >= 0.3 is 11.9 Å². The third-order valence-corrected chi connectivity index (χ3v) is 13.3. The average molecular weight is 931 g/mol. The molecule has 2 fully saturated rings. The molecule has 0 aliphatic carbocycles. The maximum atomic E-state index is 13.7. The van der Waals surface area contributed by atoms with Gasteiger partial charge in [-0.1, -0.05) is 100 Å². The Hall–Kier alpha value is -6.61. The summed E-state index contributed by atoms with van der Waals surface area (Å²) in [4.78, 5) is 81.8. The second-order valence-electron chi connectivity index (χ2n) is 17.3. The van der Waals surface area contributed by atoms with Crippen LogP contribution in [-0.2, 0) is 28.7 Å². The number of nitrogens with zero attached hydrogens (tertiary/aromatic N) is 4. The van der Waals surface area contributed by atoms with E-state index in [0.29, 0.717) is 61.0 Å². The molecule has 0 radical (unpaired) electrons. The number of carbonyl (C=O) groups is 4. The number of hydrogen-bond donors (Lipinski definition) is 0. The molecule has 0 spiro atoms. The molecule has 2 saturated heterocycles. The lowest BCUT2D eigenvalue weighted by Crippen LogP contribution is -2.42. The van der Waals surface area contributed by atoms with E-state index in [1.165, 1.54) is 12.2 Å². The van der Waals surface area contributed by atoms with Crippen LogP contribution in [0.15, 0.2) is 94.7 Å². The summed E-state index contributed by atoms with van der Waals surface area (Å²) in [5.74, 6) is -2.39. The number of nitro groups is 2. The molecule has 0 bridgehead atoms. The number of rotatable bonds is 16. The highest BCUT2D eigenvalue weighted by molar-refractivity contribution is 7.99. The summed E-state index contributed by atoms with van der Waals surface area (Å²) in [5, 5.41) is 26.9. The van der Waals surface area contributed by atoms with Gasteiger partial charge in [-0.3, -0.25) is 39.4 Å². The Bertz CT molecular complexity index is 2410. The van der Waals surface area contributed by atoms with E-state index in [1.807, 2.05) is 52.0 Å². The van der Waals surface area contributed by atoms with Crippen molar-refractivity contribution in [2.24, 2.45) is 11.8 Å². The van der Waals surface area contributed by atoms with Gasteiger partial charge in [0, 0.05) is 38.3 Å². The third kappa shape index (κ3) is 11.7. The van der Waals surface area contributed by atoms with Gasteiger partial charge in [0.2, 0.25) is 11.8 Å². The highest BCUT2D eigenvalue weighted by atomic mass is 32.2. The minimum absolute atomic E-state index is 0.0511. The van der Waals surface area contributed by atoms with Crippen molar-refractivity contribution in [1.29, 1.82) is 0 Å². The molecule has 0 aromatic heterocycles. The number of ether oxygens (including phenoxy) is 2. The zero-order valence-corrected chi connectivity index (χ0v) is 39.7. The van der Waals surface area contributed by atoms with Crippen LogP contribution in [0, 0.1) is 32.1 Å². The summed E-state index contributed by atoms with van der Waals surface area (Å²) in [5.41, 5.74) is 3.52. The quantitative estimate of drug-likeness (QED) is 0.0451. The molecule has 2 heterocycles. The Morgan fingerprint density at radius 1 is 0.642 bits per heavy atom. The van der Waals surface area contributed by atoms with Crippen molar-refractivity contribution in [2.75, 3.05) is 39.4 Å². The lowest BCUT2D eigenvalue weighted by Gasteiger charge is -2.30. The Morgan fingerprint density at radius 3 is 1.39 bits per heavy atom. The lowest BCUT2D eigenvalue weighted by atomic mass is 9.89. The molecule has 2 aliphatic heterocycles. The summed E-state index contributed by atoms with van der Waals surface area (Å²) in [6.45, 7) is 13.2. The average Bonchev–Trinajstić information content (AvgIpc) is 3.32. The summed E-state index contributed by atoms with van der Waals surface area (Å²) in [6, 6.07) is 21.1. The molecule has 0 saturated carbocycles. The molecule has 0 N–H and O–H groups in total. The molecule has 4 aromatic rings. The van der Waals surface area contributed by atoms with E-state index in [1.54, 1.807) is 84.3 Å². The number of amides is 2. The molecule has 67 heavy (non-hydrogen) atoms. The van der Waals surface area contributed by atoms with Gasteiger partial charge in [0.15, 0.2) is 0 Å². The molecule has 4 aromatic carbocycles. The molecule has 2 unspecified atom stereocenters. The fraction of sp³-hybridized carbons (Fsp3) is 0.385. The number of piperidine rings is 2. The first-order valence-electron chi connectivity index (χ1n) is 22.9. The third-order valence-electron chi connectivity index (χ3n) is 12.2. The van der Waals surface area contributed by atoms with Crippen LogP contribution in [0.3, 0.4) is 0 Å². The van der Waals surface area contributed by atoms with Crippen LogP contribution in [-0.4, -0.2) is 82.8 Å². The molecule has 352 valence electrons. The van der Waals surface area contributed by atoms with E-state index in [9.17, 15) is 39.4 Å². The predicted molar refractivity (Wildman–Crippen MR) is 259 cm³/mol.